The minimum absolute atomic E-state index is 0.308. The number of alkyl halides is 7. The fourth-order valence-electron chi connectivity index (χ4n) is 1.35. The van der Waals surface area contributed by atoms with Crippen LogP contribution in [0.2, 0.25) is 0 Å². The van der Waals surface area contributed by atoms with Gasteiger partial charge in [0.1, 0.15) is 5.03 Å². The van der Waals surface area contributed by atoms with Crippen molar-refractivity contribution in [1.29, 1.82) is 0 Å². The van der Waals surface area contributed by atoms with Gasteiger partial charge in [0.25, 0.3) is 0 Å². The maximum absolute atomic E-state index is 13.4. The molecular formula is C12H6ClF7O. The molecule has 0 atom stereocenters. The van der Waals surface area contributed by atoms with Gasteiger partial charge in [0.15, 0.2) is 6.29 Å². The van der Waals surface area contributed by atoms with Crippen LogP contribution in [0.5, 0.6) is 0 Å². The number of rotatable bonds is 4. The molecular weight excluding hydrogens is 329 g/mol. The predicted molar refractivity (Wildman–Crippen MR) is 61.2 cm³/mol. The molecule has 1 aromatic rings. The van der Waals surface area contributed by atoms with E-state index >= 15 is 0 Å². The van der Waals surface area contributed by atoms with E-state index in [2.05, 4.69) is 0 Å². The van der Waals surface area contributed by atoms with E-state index in [0.717, 1.165) is 12.1 Å². The van der Waals surface area contributed by atoms with Gasteiger partial charge in [0.2, 0.25) is 0 Å². The van der Waals surface area contributed by atoms with Crippen molar-refractivity contribution < 1.29 is 35.5 Å². The van der Waals surface area contributed by atoms with Crippen LogP contribution < -0.4 is 0 Å². The zero-order valence-corrected chi connectivity index (χ0v) is 10.7. The molecule has 0 aliphatic rings. The molecule has 0 aromatic heterocycles. The number of benzene rings is 1. The minimum Gasteiger partial charge on any atom is -0.298 e. The van der Waals surface area contributed by atoms with Crippen molar-refractivity contribution in [2.45, 2.75) is 18.0 Å². The number of allylic oxidation sites excluding steroid dienone is 2. The molecule has 0 spiro atoms. The lowest BCUT2D eigenvalue weighted by Crippen LogP contribution is -2.52. The molecule has 0 aliphatic heterocycles. The van der Waals surface area contributed by atoms with Crippen LogP contribution >= 0.6 is 11.6 Å². The molecule has 0 saturated carbocycles. The molecule has 1 aromatic carbocycles. The van der Waals surface area contributed by atoms with Crippen LogP contribution in [0.3, 0.4) is 0 Å². The average molecular weight is 335 g/mol. The third-order valence-corrected chi connectivity index (χ3v) is 2.91. The van der Waals surface area contributed by atoms with E-state index in [-0.39, 0.29) is 11.8 Å². The standard InChI is InChI=1S/C12H6ClF7O/c13-9(8(6-21)7-4-2-1-3-5-7)10(14,15)11(16,17)12(18,19)20/h1-6H/b9-8-. The van der Waals surface area contributed by atoms with Gasteiger partial charge in [-0.1, -0.05) is 41.9 Å². The van der Waals surface area contributed by atoms with Crippen molar-refractivity contribution in [3.63, 3.8) is 0 Å². The molecule has 9 heteroatoms. The second-order valence-electron chi connectivity index (χ2n) is 3.86. The van der Waals surface area contributed by atoms with E-state index in [4.69, 9.17) is 11.6 Å². The summed E-state index contributed by atoms with van der Waals surface area (Å²) in [4.78, 5) is 10.8. The summed E-state index contributed by atoms with van der Waals surface area (Å²) in [6.45, 7) is 0. The van der Waals surface area contributed by atoms with Gasteiger partial charge < -0.3 is 0 Å². The van der Waals surface area contributed by atoms with Crippen LogP contribution in [-0.2, 0) is 4.79 Å². The SMILES string of the molecule is O=C/C(=C(/Cl)C(F)(F)C(F)(F)C(F)(F)F)c1ccccc1. The Morgan fingerprint density at radius 2 is 1.43 bits per heavy atom. The normalized spacial score (nSPS) is 14.7. The molecule has 0 saturated heterocycles. The van der Waals surface area contributed by atoms with Crippen molar-refractivity contribution in [1.82, 2.24) is 0 Å². The predicted octanol–water partition coefficient (Wildman–Crippen LogP) is 4.67. The summed E-state index contributed by atoms with van der Waals surface area (Å²) < 4.78 is 88.7. The van der Waals surface area contributed by atoms with Crippen LogP contribution in [0.1, 0.15) is 5.56 Å². The quantitative estimate of drug-likeness (QED) is 0.444. The Balaban J connectivity index is 3.47. The molecule has 21 heavy (non-hydrogen) atoms. The summed E-state index contributed by atoms with van der Waals surface area (Å²) in [5, 5.41) is -2.17. The van der Waals surface area contributed by atoms with Crippen molar-refractivity contribution >= 4 is 23.5 Å². The molecule has 0 aliphatic carbocycles. The zero-order valence-electron chi connectivity index (χ0n) is 9.90. The van der Waals surface area contributed by atoms with Crippen molar-refractivity contribution in [3.8, 4) is 0 Å². The van der Waals surface area contributed by atoms with Crippen molar-refractivity contribution in [2.75, 3.05) is 0 Å². The number of aldehydes is 1. The van der Waals surface area contributed by atoms with Crippen molar-refractivity contribution in [3.05, 3.63) is 40.9 Å². The first-order chi connectivity index (χ1) is 9.46. The highest BCUT2D eigenvalue weighted by Crippen LogP contribution is 2.51. The number of carbonyl (C=O) groups excluding carboxylic acids is 1. The van der Waals surface area contributed by atoms with Crippen LogP contribution in [0.15, 0.2) is 35.4 Å². The third kappa shape index (κ3) is 3.04. The summed E-state index contributed by atoms with van der Waals surface area (Å²) >= 11 is 4.98. The number of carbonyl (C=O) groups is 1. The van der Waals surface area contributed by atoms with Gasteiger partial charge in [-0.2, -0.15) is 30.7 Å². The van der Waals surface area contributed by atoms with Gasteiger partial charge in [-0.25, -0.2) is 0 Å². The fraction of sp³-hybridized carbons (Fsp3) is 0.250. The molecule has 1 nitrogen and oxygen atoms in total. The molecule has 0 fully saturated rings. The Morgan fingerprint density at radius 3 is 1.81 bits per heavy atom. The minimum atomic E-state index is -6.53. The number of hydrogen-bond acceptors (Lipinski definition) is 1. The van der Waals surface area contributed by atoms with E-state index in [0.29, 0.717) is 0 Å². The maximum Gasteiger partial charge on any atom is 0.460 e. The van der Waals surface area contributed by atoms with Gasteiger partial charge in [0.05, 0.1) is 0 Å². The van der Waals surface area contributed by atoms with E-state index in [1.165, 1.54) is 18.2 Å². The lowest BCUT2D eigenvalue weighted by molar-refractivity contribution is -0.342. The zero-order chi connectivity index (χ0) is 16.5. The Morgan fingerprint density at radius 1 is 0.952 bits per heavy atom. The molecule has 0 unspecified atom stereocenters. The molecule has 116 valence electrons. The van der Waals surface area contributed by atoms with Gasteiger partial charge in [-0.05, 0) is 5.56 Å². The molecule has 1 rings (SSSR count). The molecule has 0 bridgehead atoms. The first-order valence-corrected chi connectivity index (χ1v) is 5.57. The Kier molecular flexibility index (Phi) is 4.72. The monoisotopic (exact) mass is 334 g/mol. The Hall–Kier alpha value is -1.57. The van der Waals surface area contributed by atoms with E-state index in [1.807, 2.05) is 0 Å². The molecule has 0 amide bonds. The molecule has 0 heterocycles. The summed E-state index contributed by atoms with van der Waals surface area (Å²) in [6.07, 6.45) is -6.83. The van der Waals surface area contributed by atoms with Crippen LogP contribution in [0.25, 0.3) is 5.57 Å². The summed E-state index contributed by atoms with van der Waals surface area (Å²) in [5.41, 5.74) is -1.46. The summed E-state index contributed by atoms with van der Waals surface area (Å²) in [6, 6.07) is 6.08. The highest BCUT2D eigenvalue weighted by Gasteiger charge is 2.74. The van der Waals surface area contributed by atoms with E-state index < -0.39 is 28.6 Å². The van der Waals surface area contributed by atoms with E-state index in [9.17, 15) is 35.5 Å². The molecule has 0 radical (unpaired) electrons. The average Bonchev–Trinajstić information content (AvgIpc) is 2.39. The fourth-order valence-corrected chi connectivity index (χ4v) is 1.62. The first kappa shape index (κ1) is 17.5. The first-order valence-electron chi connectivity index (χ1n) is 5.20. The summed E-state index contributed by atoms with van der Waals surface area (Å²) in [7, 11) is 0. The topological polar surface area (TPSA) is 17.1 Å². The lowest BCUT2D eigenvalue weighted by Gasteiger charge is -2.28. The smallest absolute Gasteiger partial charge is 0.298 e. The van der Waals surface area contributed by atoms with Gasteiger partial charge in [-0.15, -0.1) is 0 Å². The Labute approximate surface area is 119 Å². The van der Waals surface area contributed by atoms with Crippen LogP contribution in [0.4, 0.5) is 30.7 Å². The van der Waals surface area contributed by atoms with Crippen molar-refractivity contribution in [2.24, 2.45) is 0 Å². The van der Waals surface area contributed by atoms with Crippen LogP contribution in [0, 0.1) is 0 Å². The van der Waals surface area contributed by atoms with Gasteiger partial charge in [0, 0.05) is 5.57 Å². The summed E-state index contributed by atoms with van der Waals surface area (Å²) in [5.74, 6) is -12.2. The second kappa shape index (κ2) is 5.67. The largest absolute Gasteiger partial charge is 0.460 e. The maximum atomic E-state index is 13.4. The molecule has 0 N–H and O–H groups in total. The lowest BCUT2D eigenvalue weighted by atomic mass is 10.0. The second-order valence-corrected chi connectivity index (χ2v) is 4.24. The van der Waals surface area contributed by atoms with Gasteiger partial charge in [-0.3, -0.25) is 4.79 Å². The third-order valence-electron chi connectivity index (χ3n) is 2.47. The number of halogens is 8. The highest BCUT2D eigenvalue weighted by atomic mass is 35.5. The van der Waals surface area contributed by atoms with Crippen LogP contribution in [-0.4, -0.2) is 24.3 Å². The number of hydrogen-bond donors (Lipinski definition) is 0. The van der Waals surface area contributed by atoms with Gasteiger partial charge >= 0.3 is 18.0 Å². The Bertz CT molecular complexity index is 548. The van der Waals surface area contributed by atoms with E-state index in [1.54, 1.807) is 0 Å². The highest BCUT2D eigenvalue weighted by molar-refractivity contribution is 6.37.